The summed E-state index contributed by atoms with van der Waals surface area (Å²) in [5.41, 5.74) is 0.0710. The van der Waals surface area contributed by atoms with E-state index in [2.05, 4.69) is 20.1 Å². The zero-order chi connectivity index (χ0) is 9.84. The van der Waals surface area contributed by atoms with Crippen LogP contribution < -0.4 is 0 Å². The molecule has 0 aliphatic heterocycles. The van der Waals surface area contributed by atoms with Crippen LogP contribution in [-0.2, 0) is 15.2 Å². The number of thiol groups is 1. The van der Waals surface area contributed by atoms with Gasteiger partial charge in [-0.15, -0.1) is 0 Å². The van der Waals surface area contributed by atoms with Crippen molar-refractivity contribution >= 4 is 26.9 Å². The van der Waals surface area contributed by atoms with E-state index in [9.17, 15) is 12.8 Å². The maximum absolute atomic E-state index is 13.0. The van der Waals surface area contributed by atoms with E-state index in [1.807, 2.05) is 0 Å². The van der Waals surface area contributed by atoms with Crippen LogP contribution in [0.4, 0.5) is 4.39 Å². The molecule has 0 unspecified atom stereocenters. The van der Waals surface area contributed by atoms with E-state index in [1.165, 1.54) is 18.2 Å². The maximum atomic E-state index is 13.0. The highest BCUT2D eigenvalue weighted by molar-refractivity contribution is 9.11. The largest absolute Gasteiger partial charge is 0.258 e. The molecular weight excluding hydrogens is 263 g/mol. The molecule has 1 rings (SSSR count). The number of hydrogen-bond donors (Lipinski definition) is 1. The molecule has 0 aliphatic carbocycles. The summed E-state index contributed by atoms with van der Waals surface area (Å²) >= 11 is 2.81. The second kappa shape index (κ2) is 4.69. The smallest absolute Gasteiger partial charge is 0.244 e. The Hall–Kier alpha value is -0.460. The van der Waals surface area contributed by atoms with Crippen molar-refractivity contribution in [2.45, 2.75) is 0 Å². The van der Waals surface area contributed by atoms with Gasteiger partial charge in [-0.3, -0.25) is 0 Å². The first-order valence-electron chi connectivity index (χ1n) is 3.21. The minimum atomic E-state index is -3.03. The predicted octanol–water partition coefficient (Wildman–Crippen LogP) is 1.60. The van der Waals surface area contributed by atoms with Crippen molar-refractivity contribution in [1.29, 1.82) is 0 Å². The molecule has 0 N–H and O–H groups in total. The second-order valence-electron chi connectivity index (χ2n) is 2.07. The molecule has 13 heavy (non-hydrogen) atoms. The van der Waals surface area contributed by atoms with Crippen LogP contribution in [0.2, 0.25) is 0 Å². The van der Waals surface area contributed by atoms with Gasteiger partial charge in [0, 0.05) is 5.56 Å². The molecule has 0 saturated carbocycles. The highest BCUT2D eigenvalue weighted by Gasteiger charge is 2.14. The first-order chi connectivity index (χ1) is 6.11. The van der Waals surface area contributed by atoms with Crippen LogP contribution >= 0.6 is 15.9 Å². The zero-order valence-electron chi connectivity index (χ0n) is 6.24. The first kappa shape index (κ1) is 10.6. The number of rotatable bonds is 3. The Bertz CT molecular complexity index is 359. The number of hydrogen-bond acceptors (Lipinski definition) is 3. The molecule has 0 amide bonds. The zero-order valence-corrected chi connectivity index (χ0v) is 8.72. The predicted molar refractivity (Wildman–Crippen MR) is 49.1 cm³/mol. The molecule has 1 aromatic carbocycles. The third kappa shape index (κ3) is 3.06. The second-order valence-corrected chi connectivity index (χ2v) is 3.42. The fourth-order valence-corrected chi connectivity index (χ4v) is 1.64. The van der Waals surface area contributed by atoms with Gasteiger partial charge in [0.15, 0.2) is 0 Å². The molecule has 0 spiro atoms. The summed E-state index contributed by atoms with van der Waals surface area (Å²) in [5, 5.41) is -0.151. The van der Waals surface area contributed by atoms with E-state index >= 15 is 0 Å². The van der Waals surface area contributed by atoms with Crippen LogP contribution in [0.3, 0.4) is 0 Å². The molecule has 0 bridgehead atoms. The molecule has 1 aromatic rings. The molecular formula is C7H5BrFO3S. The van der Waals surface area contributed by atoms with E-state index in [0.29, 0.717) is 0 Å². The highest BCUT2D eigenvalue weighted by Crippen LogP contribution is 2.24. The maximum Gasteiger partial charge on any atom is 0.258 e. The molecule has 1 radical (unpaired) electrons. The van der Waals surface area contributed by atoms with Crippen LogP contribution in [0.15, 0.2) is 24.3 Å². The summed E-state index contributed by atoms with van der Waals surface area (Å²) in [6, 6.07) is 5.67. The van der Waals surface area contributed by atoms with Crippen LogP contribution in [0.5, 0.6) is 0 Å². The highest BCUT2D eigenvalue weighted by atomic mass is 79.9. The van der Waals surface area contributed by atoms with Gasteiger partial charge in [0.05, 0.1) is 0 Å². The summed E-state index contributed by atoms with van der Waals surface area (Å²) in [6.45, 7) is 0. The molecule has 0 aliphatic rings. The standard InChI is InChI=1S/C7H5BrFO3S/c8-7(12-13(10)11)5-3-1-2-4-6(5)9/h1-4,13H. The van der Waals surface area contributed by atoms with E-state index in [1.54, 1.807) is 6.07 Å². The number of benzene rings is 1. The Labute approximate surface area is 84.8 Å². The van der Waals surface area contributed by atoms with Crippen LogP contribution in [0, 0.1) is 10.8 Å². The fourth-order valence-electron chi connectivity index (χ4n) is 0.735. The molecule has 6 heteroatoms. The van der Waals surface area contributed by atoms with Gasteiger partial charge >= 0.3 is 0 Å². The Balaban J connectivity index is 2.88. The van der Waals surface area contributed by atoms with Crippen molar-refractivity contribution in [2.24, 2.45) is 0 Å². The third-order valence-corrected chi connectivity index (χ3v) is 2.41. The molecule has 0 heterocycles. The van der Waals surface area contributed by atoms with E-state index in [0.717, 1.165) is 0 Å². The summed E-state index contributed by atoms with van der Waals surface area (Å²) < 4.78 is 37.5. The topological polar surface area (TPSA) is 43.4 Å². The summed E-state index contributed by atoms with van der Waals surface area (Å²) in [5.74, 6) is -0.550. The van der Waals surface area contributed by atoms with E-state index in [-0.39, 0.29) is 10.6 Å². The van der Waals surface area contributed by atoms with Gasteiger partial charge in [-0.2, -0.15) is 0 Å². The van der Waals surface area contributed by atoms with E-state index < -0.39 is 16.8 Å². The van der Waals surface area contributed by atoms with Crippen LogP contribution in [0.25, 0.3) is 0 Å². The SMILES string of the molecule is O=[SH](=O)O[C](Br)c1ccccc1F. The first-order valence-corrected chi connectivity index (χ1v) is 5.10. The Morgan fingerprint density at radius 1 is 1.38 bits per heavy atom. The summed E-state index contributed by atoms with van der Waals surface area (Å²) in [4.78, 5) is 0. The third-order valence-electron chi connectivity index (χ3n) is 1.24. The molecule has 3 nitrogen and oxygen atoms in total. The average Bonchev–Trinajstić information content (AvgIpc) is 2.03. The van der Waals surface area contributed by atoms with Crippen molar-refractivity contribution in [3.05, 3.63) is 40.7 Å². The Kier molecular flexibility index (Phi) is 3.83. The Morgan fingerprint density at radius 3 is 2.54 bits per heavy atom. The van der Waals surface area contributed by atoms with Crippen molar-refractivity contribution in [1.82, 2.24) is 0 Å². The molecule has 0 aromatic heterocycles. The number of halogens is 2. The minimum Gasteiger partial charge on any atom is -0.244 e. The lowest BCUT2D eigenvalue weighted by Crippen LogP contribution is -1.98. The molecule has 71 valence electrons. The average molecular weight is 268 g/mol. The minimum absolute atomic E-state index is 0.0710. The van der Waals surface area contributed by atoms with Crippen LogP contribution in [0.1, 0.15) is 5.56 Å². The fraction of sp³-hybridized carbons (Fsp3) is 0. The van der Waals surface area contributed by atoms with Crippen molar-refractivity contribution in [3.63, 3.8) is 0 Å². The summed E-state index contributed by atoms with van der Waals surface area (Å²) in [7, 11) is -3.03. The van der Waals surface area contributed by atoms with Crippen molar-refractivity contribution < 1.29 is 17.0 Å². The summed E-state index contributed by atoms with van der Waals surface area (Å²) in [6.07, 6.45) is 0. The van der Waals surface area contributed by atoms with Gasteiger partial charge < -0.3 is 0 Å². The normalized spacial score (nSPS) is 11.1. The van der Waals surface area contributed by atoms with Gasteiger partial charge in [-0.1, -0.05) is 18.2 Å². The van der Waals surface area contributed by atoms with Gasteiger partial charge in [-0.05, 0) is 22.0 Å². The van der Waals surface area contributed by atoms with Gasteiger partial charge in [-0.25, -0.2) is 17.0 Å². The molecule has 0 atom stereocenters. The van der Waals surface area contributed by atoms with Gasteiger partial charge in [0.1, 0.15) is 5.82 Å². The van der Waals surface area contributed by atoms with Gasteiger partial charge in [0.2, 0.25) is 5.01 Å². The van der Waals surface area contributed by atoms with Crippen molar-refractivity contribution in [3.8, 4) is 0 Å². The lowest BCUT2D eigenvalue weighted by atomic mass is 10.2. The monoisotopic (exact) mass is 267 g/mol. The quantitative estimate of drug-likeness (QED) is 0.847. The van der Waals surface area contributed by atoms with Crippen LogP contribution in [-0.4, -0.2) is 8.42 Å². The lowest BCUT2D eigenvalue weighted by Gasteiger charge is -2.05. The van der Waals surface area contributed by atoms with Crippen molar-refractivity contribution in [2.75, 3.05) is 0 Å². The molecule has 0 fully saturated rings. The molecule has 0 saturated heterocycles. The van der Waals surface area contributed by atoms with Gasteiger partial charge in [0.25, 0.3) is 11.0 Å². The van der Waals surface area contributed by atoms with E-state index in [4.69, 9.17) is 0 Å². The lowest BCUT2D eigenvalue weighted by molar-refractivity contribution is 0.411. The Morgan fingerprint density at radius 2 is 2.00 bits per heavy atom.